The first-order valence-corrected chi connectivity index (χ1v) is 10.3. The van der Waals surface area contributed by atoms with Crippen LogP contribution < -0.4 is 20.3 Å². The molecule has 2 N–H and O–H groups in total. The molecule has 2 unspecified atom stereocenters. The molecule has 1 heterocycles. The monoisotopic (exact) mass is 373 g/mol. The second-order valence-corrected chi connectivity index (χ2v) is 7.71. The SMILES string of the molecule is CCNC(=NCC(C)N(C)C1CC1)NC1CCN(c2ccccc2OC)C1. The Hall–Kier alpha value is -1.95. The van der Waals surface area contributed by atoms with E-state index in [2.05, 4.69) is 53.5 Å². The van der Waals surface area contributed by atoms with Crippen LogP contribution in [0.5, 0.6) is 5.75 Å². The zero-order chi connectivity index (χ0) is 19.2. The van der Waals surface area contributed by atoms with Gasteiger partial charge in [-0.15, -0.1) is 0 Å². The fraction of sp³-hybridized carbons (Fsp3) is 0.667. The summed E-state index contributed by atoms with van der Waals surface area (Å²) in [4.78, 5) is 9.71. The summed E-state index contributed by atoms with van der Waals surface area (Å²) >= 11 is 0. The van der Waals surface area contributed by atoms with E-state index in [-0.39, 0.29) is 0 Å². The number of nitrogens with zero attached hydrogens (tertiary/aromatic N) is 3. The maximum absolute atomic E-state index is 5.52. The molecule has 1 aliphatic carbocycles. The van der Waals surface area contributed by atoms with Gasteiger partial charge in [-0.3, -0.25) is 9.89 Å². The van der Waals surface area contributed by atoms with Crippen LogP contribution in [-0.4, -0.2) is 69.3 Å². The molecule has 0 bridgehead atoms. The van der Waals surface area contributed by atoms with Gasteiger partial charge in [0.1, 0.15) is 5.75 Å². The number of rotatable bonds is 8. The fourth-order valence-corrected chi connectivity index (χ4v) is 3.70. The van der Waals surface area contributed by atoms with Gasteiger partial charge in [-0.2, -0.15) is 0 Å². The molecule has 0 amide bonds. The summed E-state index contributed by atoms with van der Waals surface area (Å²) in [5, 5.41) is 7.03. The van der Waals surface area contributed by atoms with E-state index in [1.165, 1.54) is 18.5 Å². The van der Waals surface area contributed by atoms with E-state index in [4.69, 9.17) is 9.73 Å². The Balaban J connectivity index is 1.56. The Bertz CT molecular complexity index is 631. The highest BCUT2D eigenvalue weighted by atomic mass is 16.5. The molecule has 1 aromatic carbocycles. The van der Waals surface area contributed by atoms with Gasteiger partial charge >= 0.3 is 0 Å². The van der Waals surface area contributed by atoms with Gasteiger partial charge in [0.25, 0.3) is 0 Å². The van der Waals surface area contributed by atoms with Crippen molar-refractivity contribution in [3.8, 4) is 5.75 Å². The van der Waals surface area contributed by atoms with Crippen molar-refractivity contribution in [3.05, 3.63) is 24.3 Å². The number of anilines is 1. The minimum absolute atomic E-state index is 0.393. The largest absolute Gasteiger partial charge is 0.495 e. The Morgan fingerprint density at radius 2 is 2.11 bits per heavy atom. The second-order valence-electron chi connectivity index (χ2n) is 7.71. The van der Waals surface area contributed by atoms with E-state index < -0.39 is 0 Å². The van der Waals surface area contributed by atoms with Crippen LogP contribution >= 0.6 is 0 Å². The summed E-state index contributed by atoms with van der Waals surface area (Å²) in [6.45, 7) is 8.07. The molecule has 3 rings (SSSR count). The van der Waals surface area contributed by atoms with Crippen LogP contribution in [0.1, 0.15) is 33.1 Å². The molecule has 27 heavy (non-hydrogen) atoms. The van der Waals surface area contributed by atoms with E-state index in [1.54, 1.807) is 7.11 Å². The average Bonchev–Trinajstić information content (AvgIpc) is 3.44. The molecule has 2 aliphatic rings. The molecule has 150 valence electrons. The van der Waals surface area contributed by atoms with Crippen molar-refractivity contribution in [2.75, 3.05) is 45.2 Å². The first-order valence-electron chi connectivity index (χ1n) is 10.3. The van der Waals surface area contributed by atoms with Gasteiger partial charge in [0.05, 0.1) is 19.3 Å². The quantitative estimate of drug-likeness (QED) is 0.541. The van der Waals surface area contributed by atoms with Gasteiger partial charge in [0.2, 0.25) is 0 Å². The van der Waals surface area contributed by atoms with Crippen LogP contribution in [-0.2, 0) is 0 Å². The third kappa shape index (κ3) is 5.28. The Kier molecular flexibility index (Phi) is 6.83. The zero-order valence-electron chi connectivity index (χ0n) is 17.2. The first kappa shape index (κ1) is 19.8. The Morgan fingerprint density at radius 3 is 2.81 bits per heavy atom. The molecular weight excluding hydrogens is 338 g/mol. The summed E-state index contributed by atoms with van der Waals surface area (Å²) in [6.07, 6.45) is 3.77. The highest BCUT2D eigenvalue weighted by Gasteiger charge is 2.29. The molecule has 1 aromatic rings. The van der Waals surface area contributed by atoms with Gasteiger partial charge in [-0.1, -0.05) is 12.1 Å². The highest BCUT2D eigenvalue weighted by molar-refractivity contribution is 5.80. The topological polar surface area (TPSA) is 52.1 Å². The summed E-state index contributed by atoms with van der Waals surface area (Å²) in [6, 6.07) is 9.89. The normalized spacial score (nSPS) is 21.4. The van der Waals surface area contributed by atoms with Gasteiger partial charge < -0.3 is 20.3 Å². The Morgan fingerprint density at radius 1 is 1.33 bits per heavy atom. The van der Waals surface area contributed by atoms with Crippen LogP contribution in [0.4, 0.5) is 5.69 Å². The summed E-state index contributed by atoms with van der Waals surface area (Å²) < 4.78 is 5.52. The smallest absolute Gasteiger partial charge is 0.191 e. The van der Waals surface area contributed by atoms with Crippen LogP contribution in [0, 0.1) is 0 Å². The molecule has 6 heteroatoms. The molecule has 6 nitrogen and oxygen atoms in total. The third-order valence-corrected chi connectivity index (χ3v) is 5.63. The first-order chi connectivity index (χ1) is 13.1. The lowest BCUT2D eigenvalue weighted by Crippen LogP contribution is -2.45. The second kappa shape index (κ2) is 9.31. The zero-order valence-corrected chi connectivity index (χ0v) is 17.2. The van der Waals surface area contributed by atoms with Crippen molar-refractivity contribution in [3.63, 3.8) is 0 Å². The van der Waals surface area contributed by atoms with Crippen molar-refractivity contribution in [2.24, 2.45) is 4.99 Å². The van der Waals surface area contributed by atoms with Crippen molar-refractivity contribution in [1.82, 2.24) is 15.5 Å². The lowest BCUT2D eigenvalue weighted by molar-refractivity contribution is 0.253. The number of methoxy groups -OCH3 is 1. The molecule has 0 radical (unpaired) electrons. The number of benzene rings is 1. The van der Waals surface area contributed by atoms with Gasteiger partial charge in [-0.05, 0) is 52.3 Å². The number of guanidine groups is 1. The van der Waals surface area contributed by atoms with Crippen molar-refractivity contribution in [1.29, 1.82) is 0 Å². The third-order valence-electron chi connectivity index (χ3n) is 5.63. The van der Waals surface area contributed by atoms with E-state index in [1.807, 2.05) is 12.1 Å². The number of para-hydroxylation sites is 2. The minimum Gasteiger partial charge on any atom is -0.495 e. The van der Waals surface area contributed by atoms with Crippen molar-refractivity contribution >= 4 is 11.6 Å². The number of hydrogen-bond donors (Lipinski definition) is 2. The van der Waals surface area contributed by atoms with Crippen molar-refractivity contribution < 1.29 is 4.74 Å². The van der Waals surface area contributed by atoms with Gasteiger partial charge in [0, 0.05) is 37.8 Å². The molecule has 1 saturated carbocycles. The maximum atomic E-state index is 5.52. The molecule has 2 fully saturated rings. The number of aliphatic imine (C=N–C) groups is 1. The molecular formula is C21H35N5O. The lowest BCUT2D eigenvalue weighted by atomic mass is 10.2. The van der Waals surface area contributed by atoms with Crippen LogP contribution in [0.2, 0.25) is 0 Å². The summed E-state index contributed by atoms with van der Waals surface area (Å²) in [7, 11) is 3.96. The predicted octanol–water partition coefficient (Wildman–Crippen LogP) is 2.31. The number of nitrogens with one attached hydrogen (secondary N) is 2. The number of hydrogen-bond acceptors (Lipinski definition) is 4. The van der Waals surface area contributed by atoms with E-state index >= 15 is 0 Å². The minimum atomic E-state index is 0.393. The molecule has 0 aromatic heterocycles. The van der Waals surface area contributed by atoms with E-state index in [0.29, 0.717) is 12.1 Å². The molecule has 0 spiro atoms. The molecule has 1 saturated heterocycles. The van der Waals surface area contributed by atoms with Crippen LogP contribution in [0.25, 0.3) is 0 Å². The Labute approximate surface area is 164 Å². The van der Waals surface area contributed by atoms with Gasteiger partial charge in [0.15, 0.2) is 5.96 Å². The van der Waals surface area contributed by atoms with E-state index in [9.17, 15) is 0 Å². The fourth-order valence-electron chi connectivity index (χ4n) is 3.70. The molecule has 1 aliphatic heterocycles. The maximum Gasteiger partial charge on any atom is 0.191 e. The molecule has 2 atom stereocenters. The van der Waals surface area contributed by atoms with Crippen molar-refractivity contribution in [2.45, 2.75) is 51.2 Å². The summed E-state index contributed by atoms with van der Waals surface area (Å²) in [5.74, 6) is 1.87. The summed E-state index contributed by atoms with van der Waals surface area (Å²) in [5.41, 5.74) is 1.17. The van der Waals surface area contributed by atoms with Crippen LogP contribution in [0.15, 0.2) is 29.3 Å². The predicted molar refractivity (Wildman–Crippen MR) is 113 cm³/mol. The van der Waals surface area contributed by atoms with Crippen LogP contribution in [0.3, 0.4) is 0 Å². The highest BCUT2D eigenvalue weighted by Crippen LogP contribution is 2.30. The number of ether oxygens (including phenoxy) is 1. The lowest BCUT2D eigenvalue weighted by Gasteiger charge is -2.24. The standard InChI is InChI=1S/C21H35N5O/c1-5-22-21(23-14-16(2)25(3)18-10-11-18)24-17-12-13-26(15-17)19-8-6-7-9-20(19)27-4/h6-9,16-18H,5,10-15H2,1-4H3,(H2,22,23,24). The van der Waals surface area contributed by atoms with E-state index in [0.717, 1.165) is 50.4 Å². The number of likely N-dealkylation sites (N-methyl/N-ethyl adjacent to an activating group) is 1. The average molecular weight is 374 g/mol. The van der Waals surface area contributed by atoms with Gasteiger partial charge in [-0.25, -0.2) is 0 Å².